The van der Waals surface area contributed by atoms with Crippen LogP contribution in [0, 0.1) is 18.8 Å². The number of nitrogens with zero attached hydrogens (tertiary/aromatic N) is 5. The summed E-state index contributed by atoms with van der Waals surface area (Å²) in [5.74, 6) is 5.09. The standard InChI is InChI=1S/C19H25N5O3/c1-11-20-16(26-22-11)10-17(25)24-7-5-12(6-8-24)19-21-18(23-27-19)14-4-2-3-13-9-15(13)14/h12-15H,2-10H2,1H3. The van der Waals surface area contributed by atoms with Crippen molar-refractivity contribution in [3.63, 3.8) is 0 Å². The van der Waals surface area contributed by atoms with Gasteiger partial charge in [0, 0.05) is 24.9 Å². The highest BCUT2D eigenvalue weighted by Crippen LogP contribution is 2.56. The van der Waals surface area contributed by atoms with Crippen LogP contribution in [0.1, 0.15) is 73.8 Å². The van der Waals surface area contributed by atoms with Gasteiger partial charge in [0.15, 0.2) is 11.6 Å². The van der Waals surface area contributed by atoms with Gasteiger partial charge in [-0.15, -0.1) is 0 Å². The van der Waals surface area contributed by atoms with Crippen LogP contribution < -0.4 is 0 Å². The number of piperidine rings is 1. The normalized spacial score (nSPS) is 28.2. The third kappa shape index (κ3) is 3.37. The Morgan fingerprint density at radius 2 is 1.96 bits per heavy atom. The molecule has 27 heavy (non-hydrogen) atoms. The number of hydrogen-bond acceptors (Lipinski definition) is 7. The second kappa shape index (κ2) is 6.73. The quantitative estimate of drug-likeness (QED) is 0.814. The maximum atomic E-state index is 12.4. The number of rotatable bonds is 4. The van der Waals surface area contributed by atoms with E-state index in [0.717, 1.165) is 36.4 Å². The van der Waals surface area contributed by atoms with Crippen LogP contribution >= 0.6 is 0 Å². The lowest BCUT2D eigenvalue weighted by molar-refractivity contribution is -0.132. The fourth-order valence-electron chi connectivity index (χ4n) is 4.82. The number of carbonyl (C=O) groups excluding carboxylic acids is 1. The zero-order valence-electron chi connectivity index (χ0n) is 15.6. The first-order chi connectivity index (χ1) is 13.2. The molecule has 3 fully saturated rings. The van der Waals surface area contributed by atoms with E-state index in [1.165, 1.54) is 25.7 Å². The average Bonchev–Trinajstić information content (AvgIpc) is 3.12. The van der Waals surface area contributed by atoms with Gasteiger partial charge in [-0.2, -0.15) is 9.97 Å². The largest absolute Gasteiger partial charge is 0.342 e. The van der Waals surface area contributed by atoms with Crippen molar-refractivity contribution in [3.8, 4) is 0 Å². The van der Waals surface area contributed by atoms with Crippen molar-refractivity contribution in [2.45, 2.75) is 63.7 Å². The van der Waals surface area contributed by atoms with Gasteiger partial charge in [-0.25, -0.2) is 0 Å². The number of carbonyl (C=O) groups is 1. The summed E-state index contributed by atoms with van der Waals surface area (Å²) in [5, 5.41) is 8.04. The monoisotopic (exact) mass is 371 g/mol. The van der Waals surface area contributed by atoms with Gasteiger partial charge in [-0.05, 0) is 44.4 Å². The van der Waals surface area contributed by atoms with Crippen molar-refractivity contribution >= 4 is 5.91 Å². The summed E-state index contributed by atoms with van der Waals surface area (Å²) in [6, 6.07) is 0. The highest BCUT2D eigenvalue weighted by atomic mass is 16.5. The van der Waals surface area contributed by atoms with Crippen molar-refractivity contribution < 1.29 is 13.8 Å². The molecular formula is C19H25N5O3. The SMILES string of the molecule is Cc1noc(CC(=O)N2CCC(c3nc(C4CCCC5CC54)no3)CC2)n1. The van der Waals surface area contributed by atoms with Gasteiger partial charge in [0.25, 0.3) is 0 Å². The van der Waals surface area contributed by atoms with E-state index in [9.17, 15) is 4.79 Å². The van der Waals surface area contributed by atoms with Crippen LogP contribution in [0.5, 0.6) is 0 Å². The summed E-state index contributed by atoms with van der Waals surface area (Å²) in [4.78, 5) is 23.1. The Bertz CT molecular complexity index is 823. The van der Waals surface area contributed by atoms with Gasteiger partial charge in [0.2, 0.25) is 17.7 Å². The molecule has 2 aromatic heterocycles. The molecule has 8 heteroatoms. The van der Waals surface area contributed by atoms with Crippen molar-refractivity contribution in [3.05, 3.63) is 23.4 Å². The zero-order chi connectivity index (χ0) is 18.4. The molecule has 144 valence electrons. The van der Waals surface area contributed by atoms with Gasteiger partial charge in [0.05, 0.1) is 0 Å². The maximum Gasteiger partial charge on any atom is 0.236 e. The molecule has 0 radical (unpaired) electrons. The van der Waals surface area contributed by atoms with Crippen LogP contribution in [0.3, 0.4) is 0 Å². The Morgan fingerprint density at radius 3 is 2.74 bits per heavy atom. The fourth-order valence-corrected chi connectivity index (χ4v) is 4.82. The van der Waals surface area contributed by atoms with Gasteiger partial charge >= 0.3 is 0 Å². The molecule has 2 aromatic rings. The molecule has 3 heterocycles. The number of amides is 1. The van der Waals surface area contributed by atoms with E-state index < -0.39 is 0 Å². The van der Waals surface area contributed by atoms with E-state index in [1.807, 2.05) is 4.90 Å². The molecule has 3 aliphatic rings. The molecule has 2 aliphatic carbocycles. The lowest BCUT2D eigenvalue weighted by atomic mass is 9.88. The first kappa shape index (κ1) is 16.9. The van der Waals surface area contributed by atoms with E-state index in [0.29, 0.717) is 30.7 Å². The Hall–Kier alpha value is -2.25. The fraction of sp³-hybridized carbons (Fsp3) is 0.737. The summed E-state index contributed by atoms with van der Waals surface area (Å²) in [6.45, 7) is 3.14. The van der Waals surface area contributed by atoms with Crippen molar-refractivity contribution in [1.29, 1.82) is 0 Å². The van der Waals surface area contributed by atoms with Crippen LogP contribution in [0.15, 0.2) is 9.05 Å². The summed E-state index contributed by atoms with van der Waals surface area (Å²) >= 11 is 0. The molecule has 1 aliphatic heterocycles. The Kier molecular flexibility index (Phi) is 4.21. The molecule has 3 atom stereocenters. The maximum absolute atomic E-state index is 12.4. The van der Waals surface area contributed by atoms with Crippen LogP contribution in [-0.4, -0.2) is 44.2 Å². The van der Waals surface area contributed by atoms with E-state index in [2.05, 4.69) is 15.3 Å². The van der Waals surface area contributed by atoms with Crippen LogP contribution in [-0.2, 0) is 11.2 Å². The van der Waals surface area contributed by atoms with Gasteiger partial charge in [-0.1, -0.05) is 23.2 Å². The van der Waals surface area contributed by atoms with Crippen molar-refractivity contribution in [2.75, 3.05) is 13.1 Å². The van der Waals surface area contributed by atoms with Crippen LogP contribution in [0.25, 0.3) is 0 Å². The molecule has 5 rings (SSSR count). The lowest BCUT2D eigenvalue weighted by Gasteiger charge is -2.30. The summed E-state index contributed by atoms with van der Waals surface area (Å²) in [5.41, 5.74) is 0. The molecule has 1 amide bonds. The molecule has 3 unspecified atom stereocenters. The number of aryl methyl sites for hydroxylation is 1. The van der Waals surface area contributed by atoms with Gasteiger partial charge < -0.3 is 13.9 Å². The Morgan fingerprint density at radius 1 is 1.11 bits per heavy atom. The third-order valence-corrected chi connectivity index (χ3v) is 6.44. The first-order valence-electron chi connectivity index (χ1n) is 10.1. The summed E-state index contributed by atoms with van der Waals surface area (Å²) < 4.78 is 10.7. The molecule has 1 saturated heterocycles. The lowest BCUT2D eigenvalue weighted by Crippen LogP contribution is -2.38. The van der Waals surface area contributed by atoms with E-state index in [-0.39, 0.29) is 18.2 Å². The van der Waals surface area contributed by atoms with Crippen molar-refractivity contribution in [1.82, 2.24) is 25.2 Å². The molecule has 0 spiro atoms. The second-order valence-electron chi connectivity index (χ2n) is 8.26. The Balaban J connectivity index is 1.17. The number of aromatic nitrogens is 4. The minimum atomic E-state index is 0.0327. The second-order valence-corrected chi connectivity index (χ2v) is 8.26. The summed E-state index contributed by atoms with van der Waals surface area (Å²) in [6.07, 6.45) is 7.08. The molecule has 2 saturated carbocycles. The van der Waals surface area contributed by atoms with Crippen molar-refractivity contribution in [2.24, 2.45) is 11.8 Å². The molecule has 0 aromatic carbocycles. The zero-order valence-corrected chi connectivity index (χ0v) is 15.6. The average molecular weight is 371 g/mol. The van der Waals surface area contributed by atoms with Crippen LogP contribution in [0.2, 0.25) is 0 Å². The minimum absolute atomic E-state index is 0.0327. The first-order valence-corrected chi connectivity index (χ1v) is 10.1. The molecular weight excluding hydrogens is 346 g/mol. The van der Waals surface area contributed by atoms with Crippen LogP contribution in [0.4, 0.5) is 0 Å². The van der Waals surface area contributed by atoms with E-state index in [1.54, 1.807) is 6.92 Å². The number of fused-ring (bicyclic) bond motifs is 1. The molecule has 8 nitrogen and oxygen atoms in total. The van der Waals surface area contributed by atoms with Gasteiger partial charge in [-0.3, -0.25) is 4.79 Å². The minimum Gasteiger partial charge on any atom is -0.342 e. The highest BCUT2D eigenvalue weighted by Gasteiger charge is 2.47. The third-order valence-electron chi connectivity index (χ3n) is 6.44. The smallest absolute Gasteiger partial charge is 0.236 e. The molecule has 0 bridgehead atoms. The topological polar surface area (TPSA) is 98.2 Å². The van der Waals surface area contributed by atoms with E-state index in [4.69, 9.17) is 14.0 Å². The van der Waals surface area contributed by atoms with Gasteiger partial charge in [0.1, 0.15) is 6.42 Å². The summed E-state index contributed by atoms with van der Waals surface area (Å²) in [7, 11) is 0. The number of likely N-dealkylation sites (tertiary alicyclic amines) is 1. The predicted molar refractivity (Wildman–Crippen MR) is 93.8 cm³/mol. The number of hydrogen-bond donors (Lipinski definition) is 0. The Labute approximate surface area is 157 Å². The molecule has 0 N–H and O–H groups in total. The predicted octanol–water partition coefficient (Wildman–Crippen LogP) is 2.61. The highest BCUT2D eigenvalue weighted by molar-refractivity contribution is 5.77. The van der Waals surface area contributed by atoms with E-state index >= 15 is 0 Å².